The molecular formula is C9H7ClF3NO. The van der Waals surface area contributed by atoms with Crippen LogP contribution in [0.3, 0.4) is 0 Å². The third-order valence-electron chi connectivity index (χ3n) is 1.76. The van der Waals surface area contributed by atoms with E-state index in [1.807, 2.05) is 0 Å². The van der Waals surface area contributed by atoms with E-state index in [2.05, 4.69) is 4.98 Å². The molecule has 0 radical (unpaired) electrons. The first-order valence-electron chi connectivity index (χ1n) is 4.13. The van der Waals surface area contributed by atoms with Crippen LogP contribution in [0.5, 0.6) is 0 Å². The average molecular weight is 238 g/mol. The molecule has 15 heavy (non-hydrogen) atoms. The van der Waals surface area contributed by atoms with Gasteiger partial charge in [0, 0.05) is 6.42 Å². The first-order valence-corrected chi connectivity index (χ1v) is 4.51. The lowest BCUT2D eigenvalue weighted by Crippen LogP contribution is -2.10. The van der Waals surface area contributed by atoms with E-state index >= 15 is 0 Å². The molecule has 0 atom stereocenters. The smallest absolute Gasteiger partial charge is 0.294 e. The van der Waals surface area contributed by atoms with Crippen LogP contribution in [0.4, 0.5) is 13.2 Å². The van der Waals surface area contributed by atoms with Gasteiger partial charge in [0.2, 0.25) is 0 Å². The van der Waals surface area contributed by atoms with Gasteiger partial charge in [0.1, 0.15) is 10.8 Å². The van der Waals surface area contributed by atoms with Gasteiger partial charge in [0.05, 0.1) is 5.56 Å². The third kappa shape index (κ3) is 2.68. The zero-order valence-electron chi connectivity index (χ0n) is 7.73. The van der Waals surface area contributed by atoms with Crippen molar-refractivity contribution in [1.29, 1.82) is 0 Å². The van der Waals surface area contributed by atoms with Crippen LogP contribution < -0.4 is 0 Å². The van der Waals surface area contributed by atoms with Gasteiger partial charge in [-0.1, -0.05) is 18.5 Å². The molecule has 1 heterocycles. The molecule has 0 aliphatic rings. The summed E-state index contributed by atoms with van der Waals surface area (Å²) in [7, 11) is 0. The molecular weight excluding hydrogens is 231 g/mol. The Labute approximate surface area is 89.1 Å². The summed E-state index contributed by atoms with van der Waals surface area (Å²) in [6.07, 6.45) is -4.37. The predicted octanol–water partition coefficient (Wildman–Crippen LogP) is 3.35. The molecule has 0 spiro atoms. The molecule has 0 fully saturated rings. The molecule has 0 saturated carbocycles. The van der Waals surface area contributed by atoms with Crippen LogP contribution in [0, 0.1) is 0 Å². The van der Waals surface area contributed by atoms with E-state index in [1.54, 1.807) is 6.92 Å². The van der Waals surface area contributed by atoms with Crippen molar-refractivity contribution in [1.82, 2.24) is 4.98 Å². The summed E-state index contributed by atoms with van der Waals surface area (Å²) in [5.41, 5.74) is -1.08. The molecule has 0 aromatic carbocycles. The molecule has 1 rings (SSSR count). The van der Waals surface area contributed by atoms with Crippen LogP contribution >= 0.6 is 11.6 Å². The number of hydrogen-bond donors (Lipinski definition) is 0. The fourth-order valence-corrected chi connectivity index (χ4v) is 1.25. The third-order valence-corrected chi connectivity index (χ3v) is 2.05. The van der Waals surface area contributed by atoms with Gasteiger partial charge in [-0.05, 0) is 12.1 Å². The van der Waals surface area contributed by atoms with E-state index < -0.39 is 17.0 Å². The molecule has 0 aliphatic carbocycles. The number of rotatable bonds is 2. The number of ketones is 1. The Morgan fingerprint density at radius 2 is 2.07 bits per heavy atom. The van der Waals surface area contributed by atoms with Gasteiger partial charge in [-0.25, -0.2) is 4.98 Å². The summed E-state index contributed by atoms with van der Waals surface area (Å²) in [6, 6.07) is 1.79. The van der Waals surface area contributed by atoms with E-state index in [0.717, 1.165) is 12.1 Å². The van der Waals surface area contributed by atoms with Crippen LogP contribution in [0.1, 0.15) is 29.4 Å². The Bertz CT molecular complexity index is 389. The standard InChI is InChI=1S/C9H7ClF3NO/c1-2-6(15)5-3-4-7(9(11,12)13)14-8(5)10/h3-4H,2H2,1H3. The van der Waals surface area contributed by atoms with E-state index in [9.17, 15) is 18.0 Å². The van der Waals surface area contributed by atoms with Gasteiger partial charge in [-0.2, -0.15) is 13.2 Å². The lowest BCUT2D eigenvalue weighted by Gasteiger charge is -2.07. The Morgan fingerprint density at radius 1 is 1.47 bits per heavy atom. The van der Waals surface area contributed by atoms with Crippen LogP contribution in [0.2, 0.25) is 5.15 Å². The molecule has 0 N–H and O–H groups in total. The largest absolute Gasteiger partial charge is 0.433 e. The minimum Gasteiger partial charge on any atom is -0.294 e. The maximum Gasteiger partial charge on any atom is 0.433 e. The van der Waals surface area contributed by atoms with Crippen LogP contribution in [0.25, 0.3) is 0 Å². The lowest BCUT2D eigenvalue weighted by atomic mass is 10.1. The van der Waals surface area contributed by atoms with Crippen molar-refractivity contribution in [3.63, 3.8) is 0 Å². The zero-order valence-corrected chi connectivity index (χ0v) is 8.49. The molecule has 0 aliphatic heterocycles. The number of carbonyl (C=O) groups excluding carboxylic acids is 1. The summed E-state index contributed by atoms with van der Waals surface area (Å²) in [6.45, 7) is 1.59. The molecule has 82 valence electrons. The van der Waals surface area contributed by atoms with Crippen molar-refractivity contribution in [2.45, 2.75) is 19.5 Å². The Hall–Kier alpha value is -1.10. The fourth-order valence-electron chi connectivity index (χ4n) is 0.991. The average Bonchev–Trinajstić information content (AvgIpc) is 2.15. The first-order chi connectivity index (χ1) is 6.86. The SMILES string of the molecule is CCC(=O)c1ccc(C(F)(F)F)nc1Cl. The number of pyridine rings is 1. The second kappa shape index (κ2) is 4.18. The molecule has 1 aromatic heterocycles. The summed E-state index contributed by atoms with van der Waals surface area (Å²) in [5, 5.41) is -0.406. The van der Waals surface area contributed by atoms with Crippen LogP contribution in [-0.2, 0) is 6.18 Å². The maximum absolute atomic E-state index is 12.2. The minimum atomic E-state index is -4.54. The van der Waals surface area contributed by atoms with Gasteiger partial charge in [0.25, 0.3) is 0 Å². The van der Waals surface area contributed by atoms with E-state index in [1.165, 1.54) is 0 Å². The maximum atomic E-state index is 12.2. The lowest BCUT2D eigenvalue weighted by molar-refractivity contribution is -0.141. The Balaban J connectivity index is 3.15. The fraction of sp³-hybridized carbons (Fsp3) is 0.333. The van der Waals surface area contributed by atoms with Crippen LogP contribution in [0.15, 0.2) is 12.1 Å². The summed E-state index contributed by atoms with van der Waals surface area (Å²) < 4.78 is 36.5. The highest BCUT2D eigenvalue weighted by Gasteiger charge is 2.33. The molecule has 0 unspecified atom stereocenters. The van der Waals surface area contributed by atoms with Gasteiger partial charge >= 0.3 is 6.18 Å². The van der Waals surface area contributed by atoms with Crippen molar-refractivity contribution in [2.24, 2.45) is 0 Å². The van der Waals surface area contributed by atoms with E-state index in [4.69, 9.17) is 11.6 Å². The Kier molecular flexibility index (Phi) is 3.34. The summed E-state index contributed by atoms with van der Waals surface area (Å²) in [5.74, 6) is -0.332. The van der Waals surface area contributed by atoms with Gasteiger partial charge in [-0.15, -0.1) is 0 Å². The van der Waals surface area contributed by atoms with Crippen molar-refractivity contribution in [3.05, 3.63) is 28.5 Å². The minimum absolute atomic E-state index is 0.0205. The quantitative estimate of drug-likeness (QED) is 0.583. The molecule has 0 amide bonds. The van der Waals surface area contributed by atoms with E-state index in [0.29, 0.717) is 0 Å². The second-order valence-electron chi connectivity index (χ2n) is 2.81. The molecule has 6 heteroatoms. The highest BCUT2D eigenvalue weighted by Crippen LogP contribution is 2.29. The zero-order chi connectivity index (χ0) is 11.6. The number of carbonyl (C=O) groups is 1. The topological polar surface area (TPSA) is 30.0 Å². The predicted molar refractivity (Wildman–Crippen MR) is 48.9 cm³/mol. The molecule has 0 saturated heterocycles. The van der Waals surface area contributed by atoms with Gasteiger partial charge in [0.15, 0.2) is 5.78 Å². The molecule has 1 aromatic rings. The normalized spacial score (nSPS) is 11.5. The number of hydrogen-bond acceptors (Lipinski definition) is 2. The van der Waals surface area contributed by atoms with Crippen molar-refractivity contribution >= 4 is 17.4 Å². The second-order valence-corrected chi connectivity index (χ2v) is 3.17. The summed E-state index contributed by atoms with van der Waals surface area (Å²) >= 11 is 5.48. The summed E-state index contributed by atoms with van der Waals surface area (Å²) in [4.78, 5) is 14.3. The van der Waals surface area contributed by atoms with Crippen molar-refractivity contribution in [2.75, 3.05) is 0 Å². The molecule has 2 nitrogen and oxygen atoms in total. The van der Waals surface area contributed by atoms with Crippen molar-refractivity contribution < 1.29 is 18.0 Å². The first kappa shape index (κ1) is 12.0. The highest BCUT2D eigenvalue weighted by atomic mass is 35.5. The van der Waals surface area contributed by atoms with Gasteiger partial charge < -0.3 is 0 Å². The highest BCUT2D eigenvalue weighted by molar-refractivity contribution is 6.32. The van der Waals surface area contributed by atoms with Crippen molar-refractivity contribution in [3.8, 4) is 0 Å². The number of Topliss-reactive ketones (excluding diaryl/α,β-unsaturated/α-hetero) is 1. The Morgan fingerprint density at radius 3 is 2.47 bits per heavy atom. The number of aromatic nitrogens is 1. The monoisotopic (exact) mass is 237 g/mol. The number of halogens is 4. The van der Waals surface area contributed by atoms with Crippen LogP contribution in [-0.4, -0.2) is 10.8 Å². The molecule has 0 bridgehead atoms. The number of alkyl halides is 3. The van der Waals surface area contributed by atoms with E-state index in [-0.39, 0.29) is 17.8 Å². The number of nitrogens with zero attached hydrogens (tertiary/aromatic N) is 1. The van der Waals surface area contributed by atoms with Gasteiger partial charge in [-0.3, -0.25) is 4.79 Å².